The number of rotatable bonds is 4. The Hall–Kier alpha value is -0.570. The maximum atomic E-state index is 11.6. The molecule has 16 heavy (non-hydrogen) atoms. The maximum Gasteiger partial charge on any atom is 0.308 e. The molecule has 94 valence electrons. The van der Waals surface area contributed by atoms with E-state index in [-0.39, 0.29) is 23.8 Å². The predicted octanol–water partition coefficient (Wildman–Crippen LogP) is 3.07. The van der Waals surface area contributed by atoms with Gasteiger partial charge in [-0.3, -0.25) is 4.79 Å². The van der Waals surface area contributed by atoms with Crippen LogP contribution in [0.4, 0.5) is 0 Å². The number of carbonyl (C=O) groups is 1. The topological polar surface area (TPSA) is 35.5 Å². The minimum atomic E-state index is -0.201. The predicted molar refractivity (Wildman–Crippen MR) is 63.3 cm³/mol. The molecule has 0 spiro atoms. The van der Waals surface area contributed by atoms with Gasteiger partial charge >= 0.3 is 5.97 Å². The molecule has 0 amide bonds. The normalized spacial score (nSPS) is 19.8. The highest BCUT2D eigenvalue weighted by Crippen LogP contribution is 2.22. The van der Waals surface area contributed by atoms with Gasteiger partial charge in [-0.25, -0.2) is 0 Å². The molecule has 0 aromatic rings. The van der Waals surface area contributed by atoms with Crippen LogP contribution in [0.25, 0.3) is 0 Å². The molecule has 1 saturated carbocycles. The summed E-state index contributed by atoms with van der Waals surface area (Å²) >= 11 is 0. The largest absolute Gasteiger partial charge is 0.462 e. The second kappa shape index (κ2) is 5.67. The van der Waals surface area contributed by atoms with E-state index in [4.69, 9.17) is 9.47 Å². The Morgan fingerprint density at radius 2 is 1.88 bits per heavy atom. The molecule has 0 N–H and O–H groups in total. The molecule has 0 aromatic heterocycles. The molecule has 3 nitrogen and oxygen atoms in total. The number of esters is 1. The Labute approximate surface area is 98.5 Å². The van der Waals surface area contributed by atoms with Crippen LogP contribution in [0, 0.1) is 0 Å². The first-order chi connectivity index (χ1) is 7.37. The standard InChI is InChI=1S/C13H24O3/c1-10(16-13(2,3)4)9-12(14)15-11-7-5-6-8-11/h10-11H,5-9H2,1-4H3. The number of hydrogen-bond acceptors (Lipinski definition) is 3. The molecule has 0 radical (unpaired) electrons. The first-order valence-corrected chi connectivity index (χ1v) is 6.24. The van der Waals surface area contributed by atoms with Crippen molar-refractivity contribution in [3.05, 3.63) is 0 Å². The highest BCUT2D eigenvalue weighted by molar-refractivity contribution is 5.70. The van der Waals surface area contributed by atoms with Gasteiger partial charge in [-0.2, -0.15) is 0 Å². The number of hydrogen-bond donors (Lipinski definition) is 0. The Kier molecular flexibility index (Phi) is 4.78. The van der Waals surface area contributed by atoms with Crippen molar-refractivity contribution in [3.8, 4) is 0 Å². The van der Waals surface area contributed by atoms with E-state index in [1.165, 1.54) is 12.8 Å². The molecule has 1 atom stereocenters. The minimum Gasteiger partial charge on any atom is -0.462 e. The van der Waals surface area contributed by atoms with Gasteiger partial charge in [0.25, 0.3) is 0 Å². The lowest BCUT2D eigenvalue weighted by Gasteiger charge is -2.24. The van der Waals surface area contributed by atoms with Crippen LogP contribution in [0.1, 0.15) is 59.8 Å². The smallest absolute Gasteiger partial charge is 0.308 e. The van der Waals surface area contributed by atoms with Crippen LogP contribution in [-0.4, -0.2) is 23.8 Å². The first kappa shape index (κ1) is 13.5. The van der Waals surface area contributed by atoms with Crippen LogP contribution in [0.15, 0.2) is 0 Å². The number of carbonyl (C=O) groups excluding carboxylic acids is 1. The van der Waals surface area contributed by atoms with E-state index in [9.17, 15) is 4.79 Å². The van der Waals surface area contributed by atoms with E-state index in [2.05, 4.69) is 0 Å². The molecule has 0 bridgehead atoms. The van der Waals surface area contributed by atoms with E-state index in [0.29, 0.717) is 6.42 Å². The van der Waals surface area contributed by atoms with Crippen LogP contribution in [0.5, 0.6) is 0 Å². The van der Waals surface area contributed by atoms with Gasteiger partial charge in [-0.05, 0) is 53.4 Å². The molecule has 3 heteroatoms. The zero-order chi connectivity index (χ0) is 12.2. The number of ether oxygens (including phenoxy) is 2. The van der Waals surface area contributed by atoms with E-state index in [0.717, 1.165) is 12.8 Å². The third-order valence-corrected chi connectivity index (χ3v) is 2.61. The minimum absolute atomic E-state index is 0.0751. The van der Waals surface area contributed by atoms with Gasteiger partial charge in [-0.15, -0.1) is 0 Å². The van der Waals surface area contributed by atoms with Crippen LogP contribution in [0.3, 0.4) is 0 Å². The molecule has 0 aliphatic heterocycles. The van der Waals surface area contributed by atoms with Crippen molar-refractivity contribution in [2.24, 2.45) is 0 Å². The van der Waals surface area contributed by atoms with E-state index >= 15 is 0 Å². The van der Waals surface area contributed by atoms with Crippen LogP contribution >= 0.6 is 0 Å². The van der Waals surface area contributed by atoms with Crippen molar-refractivity contribution in [1.82, 2.24) is 0 Å². The van der Waals surface area contributed by atoms with Gasteiger partial charge in [0.15, 0.2) is 0 Å². The van der Waals surface area contributed by atoms with Gasteiger partial charge in [0.05, 0.1) is 18.1 Å². The summed E-state index contributed by atoms with van der Waals surface area (Å²) in [6.45, 7) is 7.89. The van der Waals surface area contributed by atoms with Crippen LogP contribution in [-0.2, 0) is 14.3 Å². The quantitative estimate of drug-likeness (QED) is 0.694. The van der Waals surface area contributed by atoms with Gasteiger partial charge in [0.1, 0.15) is 6.10 Å². The molecule has 0 heterocycles. The Balaban J connectivity index is 2.22. The Morgan fingerprint density at radius 1 is 1.31 bits per heavy atom. The fourth-order valence-corrected chi connectivity index (χ4v) is 2.12. The van der Waals surface area contributed by atoms with Gasteiger partial charge in [-0.1, -0.05) is 0 Å². The first-order valence-electron chi connectivity index (χ1n) is 6.24. The Morgan fingerprint density at radius 3 is 2.38 bits per heavy atom. The summed E-state index contributed by atoms with van der Waals surface area (Å²) in [4.78, 5) is 11.6. The van der Waals surface area contributed by atoms with E-state index < -0.39 is 0 Å². The highest BCUT2D eigenvalue weighted by Gasteiger charge is 2.22. The van der Waals surface area contributed by atoms with Gasteiger partial charge in [0, 0.05) is 0 Å². The average molecular weight is 228 g/mol. The summed E-state index contributed by atoms with van der Waals surface area (Å²) in [7, 11) is 0. The lowest BCUT2D eigenvalue weighted by Crippen LogP contribution is -2.28. The second-order valence-electron chi connectivity index (χ2n) is 5.64. The molecular formula is C13H24O3. The third kappa shape index (κ3) is 5.50. The van der Waals surface area contributed by atoms with E-state index in [1.54, 1.807) is 0 Å². The zero-order valence-corrected chi connectivity index (χ0v) is 10.9. The summed E-state index contributed by atoms with van der Waals surface area (Å²) in [6, 6.07) is 0. The molecule has 1 rings (SSSR count). The SMILES string of the molecule is CC(CC(=O)OC1CCCC1)OC(C)(C)C. The second-order valence-corrected chi connectivity index (χ2v) is 5.64. The summed E-state index contributed by atoms with van der Waals surface area (Å²) < 4.78 is 11.0. The van der Waals surface area contributed by atoms with Gasteiger partial charge < -0.3 is 9.47 Å². The average Bonchev–Trinajstić information content (AvgIpc) is 2.51. The molecule has 1 fully saturated rings. The molecule has 1 aliphatic rings. The van der Waals surface area contributed by atoms with Crippen molar-refractivity contribution in [2.75, 3.05) is 0 Å². The summed E-state index contributed by atoms with van der Waals surface area (Å²) in [5.74, 6) is -0.122. The van der Waals surface area contributed by atoms with Crippen LogP contribution < -0.4 is 0 Å². The third-order valence-electron chi connectivity index (χ3n) is 2.61. The lowest BCUT2D eigenvalue weighted by atomic mass is 10.1. The summed E-state index contributed by atoms with van der Waals surface area (Å²) in [5.41, 5.74) is -0.201. The lowest BCUT2D eigenvalue weighted by molar-refractivity contribution is -0.154. The fourth-order valence-electron chi connectivity index (χ4n) is 2.12. The maximum absolute atomic E-state index is 11.6. The highest BCUT2D eigenvalue weighted by atomic mass is 16.5. The van der Waals surface area contributed by atoms with Crippen molar-refractivity contribution in [3.63, 3.8) is 0 Å². The fraction of sp³-hybridized carbons (Fsp3) is 0.923. The molecular weight excluding hydrogens is 204 g/mol. The zero-order valence-electron chi connectivity index (χ0n) is 10.9. The van der Waals surface area contributed by atoms with Crippen LogP contribution in [0.2, 0.25) is 0 Å². The molecule has 1 unspecified atom stereocenters. The van der Waals surface area contributed by atoms with Crippen molar-refractivity contribution >= 4 is 5.97 Å². The monoisotopic (exact) mass is 228 g/mol. The van der Waals surface area contributed by atoms with Crippen molar-refractivity contribution in [1.29, 1.82) is 0 Å². The summed E-state index contributed by atoms with van der Waals surface area (Å²) in [6.07, 6.45) is 4.87. The molecule has 1 aliphatic carbocycles. The van der Waals surface area contributed by atoms with Gasteiger partial charge in [0.2, 0.25) is 0 Å². The molecule has 0 aromatic carbocycles. The van der Waals surface area contributed by atoms with Crippen molar-refractivity contribution in [2.45, 2.75) is 77.6 Å². The molecule has 0 saturated heterocycles. The Bertz CT molecular complexity index is 224. The van der Waals surface area contributed by atoms with Crippen molar-refractivity contribution < 1.29 is 14.3 Å². The summed E-state index contributed by atoms with van der Waals surface area (Å²) in [5, 5.41) is 0. The van der Waals surface area contributed by atoms with E-state index in [1.807, 2.05) is 27.7 Å².